The number of H-pyrrole nitrogens is 1. The Bertz CT molecular complexity index is 821. The van der Waals surface area contributed by atoms with E-state index in [0.717, 1.165) is 4.68 Å². The van der Waals surface area contributed by atoms with Gasteiger partial charge in [0.15, 0.2) is 0 Å². The summed E-state index contributed by atoms with van der Waals surface area (Å²) in [6.07, 6.45) is 1.57. The van der Waals surface area contributed by atoms with Crippen molar-refractivity contribution in [2.75, 3.05) is 0 Å². The molecule has 2 N–H and O–H groups in total. The number of aryl methyl sites for hydroxylation is 1. The van der Waals surface area contributed by atoms with Gasteiger partial charge in [0.1, 0.15) is 6.61 Å². The Balaban J connectivity index is 2.02. The van der Waals surface area contributed by atoms with Crippen LogP contribution in [0.5, 0.6) is 5.88 Å². The summed E-state index contributed by atoms with van der Waals surface area (Å²) in [7, 11) is 1.52. The number of ether oxygens (including phenoxy) is 1. The number of aromatic nitrogens is 6. The summed E-state index contributed by atoms with van der Waals surface area (Å²) in [5, 5.41) is 23.5. The zero-order valence-corrected chi connectivity index (χ0v) is 11.8. The molecule has 3 rings (SSSR count). The molecule has 2 heterocycles. The molecule has 9 heteroatoms. The SMILES string of the molecule is Cn1nnn(-c2cccc(CO)c2COc2ccn[nH]2)c1=O. The zero-order chi connectivity index (χ0) is 15.5. The molecule has 0 radical (unpaired) electrons. The van der Waals surface area contributed by atoms with Crippen molar-refractivity contribution in [1.82, 2.24) is 30.0 Å². The molecule has 114 valence electrons. The number of nitrogens with zero attached hydrogens (tertiary/aromatic N) is 5. The van der Waals surface area contributed by atoms with Gasteiger partial charge in [-0.25, -0.2) is 9.89 Å². The first-order valence-electron chi connectivity index (χ1n) is 6.54. The van der Waals surface area contributed by atoms with Crippen molar-refractivity contribution in [2.45, 2.75) is 13.2 Å². The van der Waals surface area contributed by atoms with Gasteiger partial charge in [-0.3, -0.25) is 0 Å². The van der Waals surface area contributed by atoms with Crippen molar-refractivity contribution in [3.8, 4) is 11.6 Å². The Morgan fingerprint density at radius 1 is 1.32 bits per heavy atom. The van der Waals surface area contributed by atoms with Crippen LogP contribution in [0.15, 0.2) is 35.3 Å². The molecule has 0 aliphatic carbocycles. The fraction of sp³-hybridized carbons (Fsp3) is 0.231. The smallest absolute Gasteiger partial charge is 0.368 e. The number of benzene rings is 1. The number of tetrazole rings is 1. The van der Waals surface area contributed by atoms with Crippen LogP contribution in [-0.4, -0.2) is 35.1 Å². The van der Waals surface area contributed by atoms with Crippen molar-refractivity contribution in [3.63, 3.8) is 0 Å². The maximum absolute atomic E-state index is 12.0. The minimum absolute atomic E-state index is 0.150. The van der Waals surface area contributed by atoms with Gasteiger partial charge < -0.3 is 9.84 Å². The van der Waals surface area contributed by atoms with E-state index in [1.807, 2.05) is 0 Å². The average molecular weight is 302 g/mol. The van der Waals surface area contributed by atoms with Crippen LogP contribution in [0.2, 0.25) is 0 Å². The van der Waals surface area contributed by atoms with Crippen molar-refractivity contribution in [1.29, 1.82) is 0 Å². The number of hydrogen-bond acceptors (Lipinski definition) is 6. The van der Waals surface area contributed by atoms with Crippen LogP contribution in [0.1, 0.15) is 11.1 Å². The third kappa shape index (κ3) is 2.49. The van der Waals surface area contributed by atoms with Crippen LogP contribution in [0.4, 0.5) is 0 Å². The summed E-state index contributed by atoms with van der Waals surface area (Å²) in [5.41, 5.74) is 1.44. The summed E-state index contributed by atoms with van der Waals surface area (Å²) in [4.78, 5) is 12.0. The fourth-order valence-electron chi connectivity index (χ4n) is 2.07. The normalized spacial score (nSPS) is 10.8. The van der Waals surface area contributed by atoms with Gasteiger partial charge in [-0.05, 0) is 22.1 Å². The average Bonchev–Trinajstić information content (AvgIpc) is 3.16. The Morgan fingerprint density at radius 3 is 2.82 bits per heavy atom. The van der Waals surface area contributed by atoms with Crippen molar-refractivity contribution < 1.29 is 9.84 Å². The number of hydrogen-bond donors (Lipinski definition) is 2. The van der Waals surface area contributed by atoms with Crippen LogP contribution in [0.3, 0.4) is 0 Å². The molecule has 22 heavy (non-hydrogen) atoms. The van der Waals surface area contributed by atoms with Crippen molar-refractivity contribution in [3.05, 3.63) is 52.1 Å². The van der Waals surface area contributed by atoms with Crippen molar-refractivity contribution in [2.24, 2.45) is 7.05 Å². The van der Waals surface area contributed by atoms with E-state index in [2.05, 4.69) is 20.6 Å². The lowest BCUT2D eigenvalue weighted by Crippen LogP contribution is -2.23. The number of nitrogens with one attached hydrogen (secondary N) is 1. The van der Waals surface area contributed by atoms with Gasteiger partial charge in [-0.15, -0.1) is 0 Å². The van der Waals surface area contributed by atoms with Crippen LogP contribution in [0, 0.1) is 0 Å². The monoisotopic (exact) mass is 302 g/mol. The van der Waals surface area contributed by atoms with E-state index in [1.165, 1.54) is 11.7 Å². The zero-order valence-electron chi connectivity index (χ0n) is 11.8. The third-order valence-electron chi connectivity index (χ3n) is 3.22. The second-order valence-corrected chi connectivity index (χ2v) is 4.58. The van der Waals surface area contributed by atoms with Crippen molar-refractivity contribution >= 4 is 0 Å². The molecule has 0 aliphatic heterocycles. The highest BCUT2D eigenvalue weighted by Gasteiger charge is 2.15. The van der Waals surface area contributed by atoms with E-state index in [-0.39, 0.29) is 18.9 Å². The van der Waals surface area contributed by atoms with Gasteiger partial charge in [-0.2, -0.15) is 14.5 Å². The van der Waals surface area contributed by atoms with Gasteiger partial charge in [0.25, 0.3) is 0 Å². The largest absolute Gasteiger partial charge is 0.473 e. The molecule has 2 aromatic heterocycles. The first-order valence-corrected chi connectivity index (χ1v) is 6.54. The molecule has 0 spiro atoms. The van der Waals surface area contributed by atoms with Gasteiger partial charge in [0.2, 0.25) is 5.88 Å². The first kappa shape index (κ1) is 14.0. The molecule has 0 atom stereocenters. The fourth-order valence-corrected chi connectivity index (χ4v) is 2.07. The van der Waals surface area contributed by atoms with Crippen LogP contribution in [-0.2, 0) is 20.3 Å². The Hall–Kier alpha value is -2.94. The predicted molar refractivity (Wildman–Crippen MR) is 75.4 cm³/mol. The molecule has 0 aliphatic rings. The lowest BCUT2D eigenvalue weighted by Gasteiger charge is -2.12. The lowest BCUT2D eigenvalue weighted by molar-refractivity contribution is 0.265. The number of aliphatic hydroxyl groups is 1. The topological polar surface area (TPSA) is 111 Å². The number of rotatable bonds is 5. The van der Waals surface area contributed by atoms with E-state index >= 15 is 0 Å². The molecular weight excluding hydrogens is 288 g/mol. The van der Waals surface area contributed by atoms with Gasteiger partial charge in [0.05, 0.1) is 18.5 Å². The van der Waals surface area contributed by atoms with E-state index in [0.29, 0.717) is 22.7 Å². The quantitative estimate of drug-likeness (QED) is 0.673. The van der Waals surface area contributed by atoms with Gasteiger partial charge >= 0.3 is 5.69 Å². The maximum Gasteiger partial charge on any atom is 0.368 e. The Kier molecular flexibility index (Phi) is 3.71. The molecule has 0 amide bonds. The molecule has 0 unspecified atom stereocenters. The summed E-state index contributed by atoms with van der Waals surface area (Å²) in [6, 6.07) is 6.90. The lowest BCUT2D eigenvalue weighted by atomic mass is 10.1. The van der Waals surface area contributed by atoms with E-state index < -0.39 is 0 Å². The second kappa shape index (κ2) is 5.82. The Labute approximate surface area is 124 Å². The standard InChI is InChI=1S/C13H14N6O3/c1-18-13(21)19(17-16-18)11-4-2-3-9(7-20)10(11)8-22-12-5-6-14-15-12/h2-6,20H,7-8H2,1H3,(H,14,15). The molecule has 0 fully saturated rings. The highest BCUT2D eigenvalue weighted by molar-refractivity contribution is 5.45. The third-order valence-corrected chi connectivity index (χ3v) is 3.22. The van der Waals surface area contributed by atoms with E-state index in [9.17, 15) is 9.90 Å². The molecule has 3 aromatic rings. The summed E-state index contributed by atoms with van der Waals surface area (Å²) in [6.45, 7) is -0.0260. The minimum atomic E-state index is -0.377. The molecule has 0 bridgehead atoms. The summed E-state index contributed by atoms with van der Waals surface area (Å²) < 4.78 is 7.89. The Morgan fingerprint density at radius 2 is 2.18 bits per heavy atom. The molecule has 0 saturated heterocycles. The van der Waals surface area contributed by atoms with Gasteiger partial charge in [0, 0.05) is 18.7 Å². The maximum atomic E-state index is 12.0. The van der Waals surface area contributed by atoms with Crippen LogP contribution in [0.25, 0.3) is 5.69 Å². The highest BCUT2D eigenvalue weighted by Crippen LogP contribution is 2.19. The predicted octanol–water partition coefficient (Wildman–Crippen LogP) is -0.240. The highest BCUT2D eigenvalue weighted by atomic mass is 16.5. The van der Waals surface area contributed by atoms with Gasteiger partial charge in [-0.1, -0.05) is 12.1 Å². The molecular formula is C13H14N6O3. The number of aromatic amines is 1. The first-order chi connectivity index (χ1) is 10.7. The van der Waals surface area contributed by atoms with E-state index in [1.54, 1.807) is 30.5 Å². The molecule has 9 nitrogen and oxygen atoms in total. The summed E-state index contributed by atoms with van der Waals surface area (Å²) in [5.74, 6) is 0.491. The number of aliphatic hydroxyl groups excluding tert-OH is 1. The summed E-state index contributed by atoms with van der Waals surface area (Å²) >= 11 is 0. The second-order valence-electron chi connectivity index (χ2n) is 4.58. The molecule has 1 aromatic carbocycles. The van der Waals surface area contributed by atoms with Crippen LogP contribution < -0.4 is 10.4 Å². The van der Waals surface area contributed by atoms with Crippen LogP contribution >= 0.6 is 0 Å². The molecule has 0 saturated carbocycles. The minimum Gasteiger partial charge on any atom is -0.473 e. The van der Waals surface area contributed by atoms with E-state index in [4.69, 9.17) is 4.74 Å².